The van der Waals surface area contributed by atoms with E-state index in [1.165, 1.54) is 4.88 Å². The second kappa shape index (κ2) is 10.9. The molecule has 0 radical (unpaired) electrons. The molecule has 0 bridgehead atoms. The molecule has 1 unspecified atom stereocenters. The molecule has 1 amide bonds. The quantitative estimate of drug-likeness (QED) is 0.398. The number of amides is 1. The van der Waals surface area contributed by atoms with E-state index in [0.717, 1.165) is 45.0 Å². The normalized spacial score (nSPS) is 15.9. The van der Waals surface area contributed by atoms with Crippen LogP contribution in [-0.4, -0.2) is 49.5 Å². The van der Waals surface area contributed by atoms with Crippen molar-refractivity contribution in [2.45, 2.75) is 32.6 Å². The summed E-state index contributed by atoms with van der Waals surface area (Å²) in [6.07, 6.45) is 2.23. The molecular formula is C16H27IN4OS. The van der Waals surface area contributed by atoms with Crippen LogP contribution in [0.5, 0.6) is 0 Å². The Balaban J connectivity index is 0.00000264. The smallest absolute Gasteiger partial charge is 0.244 e. The topological polar surface area (TPSA) is 56.7 Å². The fourth-order valence-electron chi connectivity index (χ4n) is 2.48. The number of nitrogens with zero attached hydrogens (tertiary/aromatic N) is 2. The van der Waals surface area contributed by atoms with Gasteiger partial charge in [-0.25, -0.2) is 4.99 Å². The van der Waals surface area contributed by atoms with Crippen LogP contribution in [0.15, 0.2) is 22.5 Å². The fraction of sp³-hybridized carbons (Fsp3) is 0.625. The van der Waals surface area contributed by atoms with Gasteiger partial charge in [-0.1, -0.05) is 13.0 Å². The first-order valence-corrected chi connectivity index (χ1v) is 8.92. The van der Waals surface area contributed by atoms with E-state index in [2.05, 4.69) is 40.1 Å². The third kappa shape index (κ3) is 6.66. The SMILES string of the molecule is CCNC(=NCC(=O)N1CCCC1)NCC(C)c1cccs1.I. The molecule has 23 heavy (non-hydrogen) atoms. The molecule has 5 nitrogen and oxygen atoms in total. The molecule has 1 saturated heterocycles. The van der Waals surface area contributed by atoms with Gasteiger partial charge >= 0.3 is 0 Å². The number of nitrogens with one attached hydrogen (secondary N) is 2. The lowest BCUT2D eigenvalue weighted by atomic mass is 10.1. The van der Waals surface area contributed by atoms with Crippen LogP contribution in [0.2, 0.25) is 0 Å². The highest BCUT2D eigenvalue weighted by Gasteiger charge is 2.17. The van der Waals surface area contributed by atoms with Crippen molar-refractivity contribution in [3.8, 4) is 0 Å². The highest BCUT2D eigenvalue weighted by atomic mass is 127. The van der Waals surface area contributed by atoms with E-state index in [9.17, 15) is 4.79 Å². The predicted octanol–water partition coefficient (Wildman–Crippen LogP) is 2.65. The molecule has 1 fully saturated rings. The zero-order chi connectivity index (χ0) is 15.8. The van der Waals surface area contributed by atoms with Gasteiger partial charge in [0.1, 0.15) is 6.54 Å². The van der Waals surface area contributed by atoms with Crippen LogP contribution >= 0.6 is 35.3 Å². The van der Waals surface area contributed by atoms with Crippen molar-refractivity contribution in [2.75, 3.05) is 32.7 Å². The van der Waals surface area contributed by atoms with Crippen molar-refractivity contribution in [2.24, 2.45) is 4.99 Å². The minimum atomic E-state index is 0. The van der Waals surface area contributed by atoms with E-state index >= 15 is 0 Å². The highest BCUT2D eigenvalue weighted by Crippen LogP contribution is 2.19. The Kier molecular flexibility index (Phi) is 9.54. The summed E-state index contributed by atoms with van der Waals surface area (Å²) in [4.78, 5) is 19.7. The molecule has 1 aromatic rings. The van der Waals surface area contributed by atoms with Gasteiger partial charge in [0.15, 0.2) is 5.96 Å². The van der Waals surface area contributed by atoms with Gasteiger partial charge in [-0.15, -0.1) is 35.3 Å². The van der Waals surface area contributed by atoms with Crippen LogP contribution in [0.4, 0.5) is 0 Å². The molecule has 1 aromatic heterocycles. The maximum atomic E-state index is 12.0. The molecular weight excluding hydrogens is 423 g/mol. The van der Waals surface area contributed by atoms with Crippen LogP contribution < -0.4 is 10.6 Å². The first-order chi connectivity index (χ1) is 10.7. The lowest BCUT2D eigenvalue weighted by molar-refractivity contribution is -0.128. The zero-order valence-corrected chi connectivity index (χ0v) is 17.0. The third-order valence-electron chi connectivity index (χ3n) is 3.78. The monoisotopic (exact) mass is 450 g/mol. The summed E-state index contributed by atoms with van der Waals surface area (Å²) in [5, 5.41) is 8.63. The van der Waals surface area contributed by atoms with Gasteiger partial charge in [-0.05, 0) is 31.2 Å². The summed E-state index contributed by atoms with van der Waals surface area (Å²) < 4.78 is 0. The molecule has 7 heteroatoms. The second-order valence-corrected chi connectivity index (χ2v) is 6.56. The van der Waals surface area contributed by atoms with E-state index in [1.807, 2.05) is 11.8 Å². The second-order valence-electron chi connectivity index (χ2n) is 5.58. The fourth-order valence-corrected chi connectivity index (χ4v) is 3.26. The van der Waals surface area contributed by atoms with Gasteiger partial charge < -0.3 is 15.5 Å². The highest BCUT2D eigenvalue weighted by molar-refractivity contribution is 14.0. The van der Waals surface area contributed by atoms with E-state index < -0.39 is 0 Å². The Labute approximate surface area is 160 Å². The number of rotatable bonds is 6. The zero-order valence-electron chi connectivity index (χ0n) is 13.9. The number of guanidine groups is 1. The van der Waals surface area contributed by atoms with Gasteiger partial charge in [-0.3, -0.25) is 4.79 Å². The lowest BCUT2D eigenvalue weighted by Crippen LogP contribution is -2.40. The average Bonchev–Trinajstić information content (AvgIpc) is 3.22. The largest absolute Gasteiger partial charge is 0.357 e. The molecule has 2 heterocycles. The molecule has 0 spiro atoms. The van der Waals surface area contributed by atoms with Crippen molar-refractivity contribution >= 4 is 47.2 Å². The first kappa shape index (κ1) is 20.2. The van der Waals surface area contributed by atoms with E-state index in [1.54, 1.807) is 11.3 Å². The van der Waals surface area contributed by atoms with Crippen molar-refractivity contribution < 1.29 is 4.79 Å². The van der Waals surface area contributed by atoms with E-state index in [0.29, 0.717) is 5.92 Å². The summed E-state index contributed by atoms with van der Waals surface area (Å²) >= 11 is 1.77. The number of carbonyl (C=O) groups excluding carboxylic acids is 1. The summed E-state index contributed by atoms with van der Waals surface area (Å²) in [5.74, 6) is 1.28. The van der Waals surface area contributed by atoms with Crippen LogP contribution in [0.3, 0.4) is 0 Å². The number of thiophene rings is 1. The molecule has 2 N–H and O–H groups in total. The molecule has 0 aliphatic carbocycles. The maximum Gasteiger partial charge on any atom is 0.244 e. The number of hydrogen-bond acceptors (Lipinski definition) is 3. The predicted molar refractivity (Wildman–Crippen MR) is 108 cm³/mol. The summed E-state index contributed by atoms with van der Waals surface area (Å²) in [5.41, 5.74) is 0. The Hall–Kier alpha value is -0.830. The van der Waals surface area contributed by atoms with E-state index in [-0.39, 0.29) is 36.4 Å². The van der Waals surface area contributed by atoms with Crippen LogP contribution in [-0.2, 0) is 4.79 Å². The number of carbonyl (C=O) groups is 1. The number of halogens is 1. The first-order valence-electron chi connectivity index (χ1n) is 8.04. The molecule has 1 aliphatic rings. The van der Waals surface area contributed by atoms with Crippen molar-refractivity contribution in [1.82, 2.24) is 15.5 Å². The number of likely N-dealkylation sites (tertiary alicyclic amines) is 1. The van der Waals surface area contributed by atoms with Gasteiger partial charge in [0.2, 0.25) is 5.91 Å². The summed E-state index contributed by atoms with van der Waals surface area (Å²) in [6, 6.07) is 4.22. The van der Waals surface area contributed by atoms with Crippen LogP contribution in [0.1, 0.15) is 37.5 Å². The van der Waals surface area contributed by atoms with Crippen molar-refractivity contribution in [3.05, 3.63) is 22.4 Å². The molecule has 0 saturated carbocycles. The lowest BCUT2D eigenvalue weighted by Gasteiger charge is -2.16. The van der Waals surface area contributed by atoms with Gasteiger partial charge in [0, 0.05) is 37.0 Å². The summed E-state index contributed by atoms with van der Waals surface area (Å²) in [6.45, 7) is 7.81. The minimum absolute atomic E-state index is 0. The molecule has 1 atom stereocenters. The van der Waals surface area contributed by atoms with Gasteiger partial charge in [0.05, 0.1) is 0 Å². The Morgan fingerprint density at radius 2 is 2.13 bits per heavy atom. The van der Waals surface area contributed by atoms with Gasteiger partial charge in [-0.2, -0.15) is 0 Å². The van der Waals surface area contributed by atoms with E-state index in [4.69, 9.17) is 0 Å². The standard InChI is InChI=1S/C16H26N4OS.HI/c1-3-17-16(18-11-13(2)14-7-6-10-22-14)19-12-15(21)20-8-4-5-9-20;/h6-7,10,13H,3-5,8-9,11-12H2,1-2H3,(H2,17,18,19);1H. The average molecular weight is 450 g/mol. The maximum absolute atomic E-state index is 12.0. The Morgan fingerprint density at radius 1 is 1.39 bits per heavy atom. The molecule has 130 valence electrons. The Bertz CT molecular complexity index is 486. The molecule has 2 rings (SSSR count). The third-order valence-corrected chi connectivity index (χ3v) is 4.88. The number of aliphatic imine (C=N–C) groups is 1. The van der Waals surface area contributed by atoms with Crippen LogP contribution in [0.25, 0.3) is 0 Å². The van der Waals surface area contributed by atoms with Crippen molar-refractivity contribution in [1.29, 1.82) is 0 Å². The number of hydrogen-bond donors (Lipinski definition) is 2. The molecule has 1 aliphatic heterocycles. The molecule has 0 aromatic carbocycles. The minimum Gasteiger partial charge on any atom is -0.357 e. The Morgan fingerprint density at radius 3 is 2.74 bits per heavy atom. The van der Waals surface area contributed by atoms with Crippen molar-refractivity contribution in [3.63, 3.8) is 0 Å². The van der Waals surface area contributed by atoms with Crippen LogP contribution in [0, 0.1) is 0 Å². The summed E-state index contributed by atoms with van der Waals surface area (Å²) in [7, 11) is 0. The van der Waals surface area contributed by atoms with Gasteiger partial charge in [0.25, 0.3) is 0 Å².